The number of nitrogens with zero attached hydrogens (tertiary/aromatic N) is 1. The number of carbonyl (C=O) groups is 2. The van der Waals surface area contributed by atoms with Gasteiger partial charge >= 0.3 is 12.1 Å². The molecule has 2 aliphatic carbocycles. The standard InChI is InChI=1S/C21H30N4O4S.K/c1-2-22-21(27)25-11-9-16(10-12-25)30(28,29)24-20(26)23-19-17-7-3-5-14(17)13-15-6-4-8-18(15)19;/h13,16H,2-12H2,1H3,(H,22,27)(H2,23,24,26);. The van der Waals surface area contributed by atoms with Crippen molar-refractivity contribution in [1.82, 2.24) is 14.9 Å². The number of piperidine rings is 1. The molecule has 0 unspecified atom stereocenters. The van der Waals surface area contributed by atoms with Crippen LogP contribution >= 0.6 is 0 Å². The molecule has 3 N–H and O–H groups in total. The van der Waals surface area contributed by atoms with Gasteiger partial charge in [0.05, 0.1) is 5.25 Å². The molecule has 1 saturated heterocycles. The van der Waals surface area contributed by atoms with Gasteiger partial charge in [0.25, 0.3) is 0 Å². The van der Waals surface area contributed by atoms with Gasteiger partial charge in [-0.15, -0.1) is 0 Å². The Balaban J connectivity index is 0.00000272. The van der Waals surface area contributed by atoms with Gasteiger partial charge < -0.3 is 15.5 Å². The molecule has 4 rings (SSSR count). The quantitative estimate of drug-likeness (QED) is 0.581. The van der Waals surface area contributed by atoms with Crippen LogP contribution in [0, 0.1) is 0 Å². The molecule has 1 heterocycles. The van der Waals surface area contributed by atoms with Crippen LogP contribution in [0.3, 0.4) is 0 Å². The second-order valence-electron chi connectivity index (χ2n) is 8.36. The molecule has 4 amide bonds. The van der Waals surface area contributed by atoms with E-state index in [1.807, 2.05) is 6.92 Å². The second kappa shape index (κ2) is 10.5. The maximum atomic E-state index is 12.8. The molecule has 1 radical (unpaired) electrons. The zero-order valence-electron chi connectivity index (χ0n) is 18.4. The van der Waals surface area contributed by atoms with E-state index in [4.69, 9.17) is 0 Å². The van der Waals surface area contributed by atoms with Crippen LogP contribution in [0.2, 0.25) is 0 Å². The van der Waals surface area contributed by atoms with Crippen LogP contribution in [0.15, 0.2) is 6.07 Å². The molecule has 1 aromatic carbocycles. The molecule has 1 aliphatic heterocycles. The van der Waals surface area contributed by atoms with E-state index in [2.05, 4.69) is 21.4 Å². The SMILES string of the molecule is CCNC(=O)N1CCC(S(=O)(=O)NC(=O)Nc2c3c(cc4c2CCC4)CCC3)CC1.[K]. The Kier molecular flexibility index (Phi) is 8.48. The third kappa shape index (κ3) is 5.47. The van der Waals surface area contributed by atoms with Crippen LogP contribution < -0.4 is 15.4 Å². The first kappa shape index (κ1) is 25.0. The summed E-state index contributed by atoms with van der Waals surface area (Å²) in [6.45, 7) is 3.10. The molecular formula is C21H30KN4O4S. The molecule has 3 aliphatic rings. The average molecular weight is 474 g/mol. The van der Waals surface area contributed by atoms with Crippen LogP contribution in [-0.4, -0.2) is 102 Å². The molecule has 0 spiro atoms. The fourth-order valence-electron chi connectivity index (χ4n) is 4.95. The van der Waals surface area contributed by atoms with Crippen LogP contribution in [0.1, 0.15) is 54.9 Å². The number of carbonyl (C=O) groups excluding carboxylic acids is 2. The summed E-state index contributed by atoms with van der Waals surface area (Å²) in [6.07, 6.45) is 6.63. The Morgan fingerprint density at radius 1 is 1.03 bits per heavy atom. The van der Waals surface area contributed by atoms with Gasteiger partial charge in [-0.1, -0.05) is 6.07 Å². The van der Waals surface area contributed by atoms with Crippen molar-refractivity contribution in [2.75, 3.05) is 25.0 Å². The number of fused-ring (bicyclic) bond motifs is 2. The van der Waals surface area contributed by atoms with E-state index in [1.165, 1.54) is 22.3 Å². The number of urea groups is 2. The summed E-state index contributed by atoms with van der Waals surface area (Å²) in [6, 6.07) is 1.41. The van der Waals surface area contributed by atoms with E-state index in [1.54, 1.807) is 4.90 Å². The van der Waals surface area contributed by atoms with E-state index in [-0.39, 0.29) is 57.4 Å². The number of hydrogen-bond donors (Lipinski definition) is 3. The third-order valence-electron chi connectivity index (χ3n) is 6.44. The Morgan fingerprint density at radius 2 is 1.61 bits per heavy atom. The van der Waals surface area contributed by atoms with Gasteiger partial charge in [-0.25, -0.2) is 22.7 Å². The monoisotopic (exact) mass is 473 g/mol. The van der Waals surface area contributed by atoms with Crippen molar-refractivity contribution >= 4 is 79.2 Å². The summed E-state index contributed by atoms with van der Waals surface area (Å²) in [4.78, 5) is 26.2. The zero-order valence-corrected chi connectivity index (χ0v) is 22.4. The van der Waals surface area contributed by atoms with Crippen molar-refractivity contribution in [2.45, 2.75) is 63.5 Å². The zero-order chi connectivity index (χ0) is 21.3. The van der Waals surface area contributed by atoms with Crippen molar-refractivity contribution in [1.29, 1.82) is 0 Å². The third-order valence-corrected chi connectivity index (χ3v) is 8.26. The van der Waals surface area contributed by atoms with Gasteiger partial charge in [0.1, 0.15) is 0 Å². The topological polar surface area (TPSA) is 108 Å². The Morgan fingerprint density at radius 3 is 2.16 bits per heavy atom. The first-order valence-corrected chi connectivity index (χ1v) is 12.5. The van der Waals surface area contributed by atoms with Crippen LogP contribution in [0.4, 0.5) is 15.3 Å². The number of anilines is 1. The molecule has 10 heteroatoms. The second-order valence-corrected chi connectivity index (χ2v) is 10.3. The van der Waals surface area contributed by atoms with Crippen molar-refractivity contribution < 1.29 is 18.0 Å². The van der Waals surface area contributed by atoms with Crippen LogP contribution in [0.5, 0.6) is 0 Å². The largest absolute Gasteiger partial charge is 0.338 e. The first-order valence-electron chi connectivity index (χ1n) is 10.9. The summed E-state index contributed by atoms with van der Waals surface area (Å²) in [5.74, 6) is 0. The average Bonchev–Trinajstić information content (AvgIpc) is 3.37. The van der Waals surface area contributed by atoms with Crippen molar-refractivity contribution in [2.24, 2.45) is 0 Å². The molecule has 0 atom stereocenters. The molecule has 0 saturated carbocycles. The summed E-state index contributed by atoms with van der Waals surface area (Å²) < 4.78 is 27.8. The first-order chi connectivity index (χ1) is 14.4. The van der Waals surface area contributed by atoms with Gasteiger partial charge in [-0.3, -0.25) is 0 Å². The predicted octanol–water partition coefficient (Wildman–Crippen LogP) is 1.93. The summed E-state index contributed by atoms with van der Waals surface area (Å²) in [5.41, 5.74) is 5.73. The molecular weight excluding hydrogens is 443 g/mol. The summed E-state index contributed by atoms with van der Waals surface area (Å²) >= 11 is 0. The maximum Gasteiger partial charge on any atom is 0.332 e. The van der Waals surface area contributed by atoms with Gasteiger partial charge in [0, 0.05) is 76.7 Å². The van der Waals surface area contributed by atoms with E-state index < -0.39 is 21.3 Å². The van der Waals surface area contributed by atoms with Crippen LogP contribution in [0.25, 0.3) is 0 Å². The van der Waals surface area contributed by atoms with Gasteiger partial charge in [0.15, 0.2) is 0 Å². The Labute approximate surface area is 226 Å². The normalized spacial score (nSPS) is 18.0. The van der Waals surface area contributed by atoms with Crippen molar-refractivity contribution in [3.05, 3.63) is 28.3 Å². The predicted molar refractivity (Wildman–Crippen MR) is 121 cm³/mol. The number of hydrogen-bond acceptors (Lipinski definition) is 4. The number of aryl methyl sites for hydroxylation is 2. The Hall–Kier alpha value is -0.654. The van der Waals surface area contributed by atoms with Gasteiger partial charge in [-0.05, 0) is 80.5 Å². The van der Waals surface area contributed by atoms with Gasteiger partial charge in [0.2, 0.25) is 10.0 Å². The molecule has 8 nitrogen and oxygen atoms in total. The number of sulfonamides is 1. The molecule has 31 heavy (non-hydrogen) atoms. The van der Waals surface area contributed by atoms with Crippen LogP contribution in [-0.2, 0) is 35.7 Å². The number of amides is 4. The molecule has 165 valence electrons. The van der Waals surface area contributed by atoms with E-state index in [9.17, 15) is 18.0 Å². The smallest absolute Gasteiger partial charge is 0.332 e. The maximum absolute atomic E-state index is 12.8. The molecule has 1 fully saturated rings. The number of benzene rings is 1. The minimum absolute atomic E-state index is 0. The fourth-order valence-corrected chi connectivity index (χ4v) is 6.26. The minimum Gasteiger partial charge on any atom is -0.338 e. The van der Waals surface area contributed by atoms with E-state index in [0.29, 0.717) is 32.5 Å². The fraction of sp³-hybridized carbons (Fsp3) is 0.619. The van der Waals surface area contributed by atoms with Crippen molar-refractivity contribution in [3.63, 3.8) is 0 Å². The molecule has 1 aromatic rings. The number of rotatable bonds is 4. The summed E-state index contributed by atoms with van der Waals surface area (Å²) in [5, 5.41) is 4.93. The van der Waals surface area contributed by atoms with Crippen molar-refractivity contribution in [3.8, 4) is 0 Å². The minimum atomic E-state index is -3.81. The molecule has 0 bridgehead atoms. The van der Waals surface area contributed by atoms with E-state index >= 15 is 0 Å². The van der Waals surface area contributed by atoms with Gasteiger partial charge in [-0.2, -0.15) is 0 Å². The summed E-state index contributed by atoms with van der Waals surface area (Å²) in [7, 11) is -3.81. The number of nitrogens with one attached hydrogen (secondary N) is 3. The Bertz CT molecular complexity index is 926. The number of likely N-dealkylation sites (tertiary alicyclic amines) is 1. The van der Waals surface area contributed by atoms with E-state index in [0.717, 1.165) is 44.2 Å². The molecule has 0 aromatic heterocycles.